The third-order valence-electron chi connectivity index (χ3n) is 9.20. The fourth-order valence-electron chi connectivity index (χ4n) is 6.71. The molecular weight excluding hydrogens is 725 g/mol. The van der Waals surface area contributed by atoms with Crippen molar-refractivity contribution in [3.63, 3.8) is 0 Å². The van der Waals surface area contributed by atoms with Gasteiger partial charge < -0.3 is 24.8 Å². The predicted molar refractivity (Wildman–Crippen MR) is 188 cm³/mol. The van der Waals surface area contributed by atoms with Gasteiger partial charge in [-0.25, -0.2) is 0 Å². The molecule has 5 heteroatoms. The Morgan fingerprint density at radius 2 is 1.09 bits per heavy atom. The maximum atomic E-state index is 6.34. The van der Waals surface area contributed by atoms with Gasteiger partial charge in [0, 0.05) is 0 Å². The molecule has 0 atom stereocenters. The summed E-state index contributed by atoms with van der Waals surface area (Å²) in [6.07, 6.45) is 10.1. The largest absolute Gasteiger partial charge is 1.00 e. The van der Waals surface area contributed by atoms with Crippen LogP contribution in [0.4, 0.5) is 0 Å². The standard InChI is InChI=1S/C21H25.C15H12Cl2.C5H5.2ClH.Zr/c1-20(2,3)16-9-7-14-11-15-8-10-17(21(4,5)6)13-19(15)18(14)12-16;16-14-8-4-12(5-9-14)2-1-3-13-6-10-15(17)11-7-13;1-2-4-5-3-1;;;/h7-13H,1-6H3;4-11H,2-3H2;1-3H,4H2;2*1H;/q;;;;;+2/p-2. The second-order valence-corrected chi connectivity index (χ2v) is 22.1. The average Bonchev–Trinajstić information content (AvgIpc) is 3.61. The monoisotopic (exact) mass is 764 g/mol. The zero-order valence-electron chi connectivity index (χ0n) is 27.5. The minimum Gasteiger partial charge on any atom is -1.00 e. The number of halogens is 4. The SMILES string of the molecule is CC(C)(C)c1ccc2c(c1)-c1cc(C(C)(C)C)ccc1[CH]2[Zr+2]([C]1=CC=CC1)=[C](Cc1ccc(Cl)cc1)Cc1ccc(Cl)cc1.[Cl-].[Cl-]. The summed E-state index contributed by atoms with van der Waals surface area (Å²) in [5, 5.41) is 1.58. The number of benzene rings is 4. The van der Waals surface area contributed by atoms with E-state index in [9.17, 15) is 0 Å². The van der Waals surface area contributed by atoms with Gasteiger partial charge in [-0.2, -0.15) is 0 Å². The molecule has 0 heterocycles. The van der Waals surface area contributed by atoms with Crippen molar-refractivity contribution in [2.45, 2.75) is 75.3 Å². The molecule has 4 aromatic rings. The van der Waals surface area contributed by atoms with Gasteiger partial charge in [-0.15, -0.1) is 0 Å². The molecular formula is C41H42Cl4Zr. The Bertz CT molecular complexity index is 1680. The number of allylic oxidation sites excluding steroid dienone is 4. The molecule has 2 aliphatic carbocycles. The summed E-state index contributed by atoms with van der Waals surface area (Å²) in [5.41, 5.74) is 11.6. The van der Waals surface area contributed by atoms with Gasteiger partial charge in [0.15, 0.2) is 0 Å². The quantitative estimate of drug-likeness (QED) is 0.234. The molecule has 46 heavy (non-hydrogen) atoms. The number of hydrogen-bond donors (Lipinski definition) is 0. The van der Waals surface area contributed by atoms with Crippen LogP contribution in [0.5, 0.6) is 0 Å². The molecule has 2 aliphatic rings. The summed E-state index contributed by atoms with van der Waals surface area (Å²) in [6.45, 7) is 14.0. The smallest absolute Gasteiger partial charge is 1.00 e. The predicted octanol–water partition coefficient (Wildman–Crippen LogP) is 5.79. The summed E-state index contributed by atoms with van der Waals surface area (Å²) >= 11 is 10.1. The van der Waals surface area contributed by atoms with E-state index in [1.54, 1.807) is 6.49 Å². The molecule has 0 radical (unpaired) electrons. The van der Waals surface area contributed by atoms with Crippen LogP contribution in [0.3, 0.4) is 0 Å². The first-order valence-corrected chi connectivity index (χ1v) is 20.4. The van der Waals surface area contributed by atoms with Crippen LogP contribution >= 0.6 is 23.2 Å². The Kier molecular flexibility index (Phi) is 11.9. The summed E-state index contributed by atoms with van der Waals surface area (Å²) < 4.78 is 3.84. The topological polar surface area (TPSA) is 0 Å². The zero-order valence-corrected chi connectivity index (χ0v) is 33.0. The summed E-state index contributed by atoms with van der Waals surface area (Å²) in [4.78, 5) is 0. The van der Waals surface area contributed by atoms with E-state index in [4.69, 9.17) is 23.2 Å². The average molecular weight is 768 g/mol. The van der Waals surface area contributed by atoms with E-state index in [0.717, 1.165) is 29.3 Å². The molecule has 0 aliphatic heterocycles. The van der Waals surface area contributed by atoms with Gasteiger partial charge in [-0.05, 0) is 0 Å². The van der Waals surface area contributed by atoms with Gasteiger partial charge in [-0.1, -0.05) is 0 Å². The number of fused-ring (bicyclic) bond motifs is 3. The summed E-state index contributed by atoms with van der Waals surface area (Å²) in [6, 6.07) is 31.8. The van der Waals surface area contributed by atoms with Gasteiger partial charge in [0.05, 0.1) is 0 Å². The van der Waals surface area contributed by atoms with E-state index in [1.807, 2.05) is 24.3 Å². The maximum absolute atomic E-state index is 6.34. The van der Waals surface area contributed by atoms with Crippen LogP contribution in [0.1, 0.15) is 85.0 Å². The molecule has 6 rings (SSSR count). The molecule has 0 N–H and O–H groups in total. The van der Waals surface area contributed by atoms with Crippen molar-refractivity contribution in [2.75, 3.05) is 0 Å². The maximum Gasteiger partial charge on any atom is -1.00 e. The molecule has 0 saturated carbocycles. The minimum atomic E-state index is -2.59. The van der Waals surface area contributed by atoms with E-state index in [2.05, 4.69) is 120 Å². The Labute approximate surface area is 306 Å². The van der Waals surface area contributed by atoms with Crippen LogP contribution < -0.4 is 24.8 Å². The third-order valence-corrected chi connectivity index (χ3v) is 18.0. The zero-order chi connectivity index (χ0) is 31.2. The normalized spacial score (nSPS) is 13.6. The fourth-order valence-corrected chi connectivity index (χ4v) is 16.2. The van der Waals surface area contributed by atoms with Crippen molar-refractivity contribution >= 4 is 26.4 Å². The molecule has 0 fully saturated rings. The van der Waals surface area contributed by atoms with Crippen LogP contribution in [-0.4, -0.2) is 3.21 Å². The van der Waals surface area contributed by atoms with Gasteiger partial charge in [0.1, 0.15) is 0 Å². The van der Waals surface area contributed by atoms with Crippen LogP contribution in [0, 0.1) is 0 Å². The van der Waals surface area contributed by atoms with E-state index >= 15 is 0 Å². The van der Waals surface area contributed by atoms with E-state index < -0.39 is 21.3 Å². The number of hydrogen-bond acceptors (Lipinski definition) is 0. The molecule has 0 nitrogen and oxygen atoms in total. The van der Waals surface area contributed by atoms with Crippen molar-refractivity contribution in [1.82, 2.24) is 0 Å². The first-order chi connectivity index (χ1) is 20.9. The van der Waals surface area contributed by atoms with Crippen molar-refractivity contribution in [1.29, 1.82) is 0 Å². The molecule has 238 valence electrons. The van der Waals surface area contributed by atoms with Crippen molar-refractivity contribution in [3.05, 3.63) is 150 Å². The Morgan fingerprint density at radius 3 is 1.46 bits per heavy atom. The van der Waals surface area contributed by atoms with Crippen LogP contribution in [-0.2, 0) is 44.9 Å². The summed E-state index contributed by atoms with van der Waals surface area (Å²) in [5.74, 6) is 0. The minimum absolute atomic E-state index is 0. The molecule has 0 aromatic heterocycles. The fraction of sp³-hybridized carbons (Fsp3) is 0.293. The van der Waals surface area contributed by atoms with Gasteiger partial charge in [0.2, 0.25) is 0 Å². The van der Waals surface area contributed by atoms with Crippen LogP contribution in [0.2, 0.25) is 10.0 Å². The molecule has 0 unspecified atom stereocenters. The molecule has 0 saturated heterocycles. The number of rotatable bonds is 6. The molecule has 0 amide bonds. The van der Waals surface area contributed by atoms with Crippen LogP contribution in [0.25, 0.3) is 11.1 Å². The van der Waals surface area contributed by atoms with E-state index in [0.29, 0.717) is 3.63 Å². The van der Waals surface area contributed by atoms with Crippen molar-refractivity contribution < 1.29 is 46.1 Å². The van der Waals surface area contributed by atoms with Crippen LogP contribution in [0.15, 0.2) is 106 Å². The second-order valence-electron chi connectivity index (χ2n) is 14.5. The van der Waals surface area contributed by atoms with Gasteiger partial charge >= 0.3 is 284 Å². The van der Waals surface area contributed by atoms with Crippen molar-refractivity contribution in [3.8, 4) is 11.1 Å². The Morgan fingerprint density at radius 1 is 0.652 bits per heavy atom. The summed E-state index contributed by atoms with van der Waals surface area (Å²) in [7, 11) is 0. The Hall–Kier alpha value is -1.73. The third kappa shape index (κ3) is 7.93. The molecule has 0 spiro atoms. The first kappa shape index (κ1) is 37.1. The Balaban J connectivity index is 0.00000240. The van der Waals surface area contributed by atoms with Gasteiger partial charge in [0.25, 0.3) is 0 Å². The molecule has 0 bridgehead atoms. The van der Waals surface area contributed by atoms with E-state index in [1.165, 1.54) is 44.5 Å². The van der Waals surface area contributed by atoms with Gasteiger partial charge in [-0.3, -0.25) is 0 Å². The van der Waals surface area contributed by atoms with Crippen molar-refractivity contribution in [2.24, 2.45) is 0 Å². The second kappa shape index (κ2) is 14.8. The van der Waals surface area contributed by atoms with E-state index in [-0.39, 0.29) is 35.6 Å². The molecule has 4 aromatic carbocycles. The first-order valence-electron chi connectivity index (χ1n) is 15.7.